The minimum Gasteiger partial charge on any atom is -0.381 e. The highest BCUT2D eigenvalue weighted by atomic mass is 16.5. The summed E-state index contributed by atoms with van der Waals surface area (Å²) >= 11 is 0. The van der Waals surface area contributed by atoms with Crippen molar-refractivity contribution in [2.24, 2.45) is 11.8 Å². The largest absolute Gasteiger partial charge is 0.381 e. The molecule has 2 aliphatic heterocycles. The second-order valence-electron chi connectivity index (χ2n) is 8.42. The quantitative estimate of drug-likeness (QED) is 0.817. The van der Waals surface area contributed by atoms with Gasteiger partial charge in [-0.2, -0.15) is 0 Å². The number of carbonyl (C=O) groups excluding carboxylic acids is 1. The normalized spacial score (nSPS) is 23.4. The number of likely N-dealkylation sites (tertiary alicyclic amines) is 1. The summed E-state index contributed by atoms with van der Waals surface area (Å²) < 4.78 is 7.30. The van der Waals surface area contributed by atoms with Crippen molar-refractivity contribution >= 4 is 16.8 Å². The third-order valence-electron chi connectivity index (χ3n) is 6.43. The van der Waals surface area contributed by atoms with E-state index < -0.39 is 0 Å². The van der Waals surface area contributed by atoms with Crippen LogP contribution in [0, 0.1) is 11.8 Å². The molecule has 2 aromatic rings. The predicted octanol–water partition coefficient (Wildman–Crippen LogP) is 2.90. The zero-order valence-corrected chi connectivity index (χ0v) is 16.2. The average Bonchev–Trinajstić information content (AvgIpc) is 3.43. The molecule has 1 amide bonds. The fourth-order valence-electron chi connectivity index (χ4n) is 4.65. The van der Waals surface area contributed by atoms with Gasteiger partial charge in [0.2, 0.25) is 5.91 Å². The second-order valence-corrected chi connectivity index (χ2v) is 8.42. The Hall–Kier alpha value is -2.21. The molecule has 1 aromatic carbocycles. The van der Waals surface area contributed by atoms with E-state index in [-0.39, 0.29) is 23.4 Å². The maximum Gasteiger partial charge on any atom is 0.261 e. The maximum absolute atomic E-state index is 13.3. The van der Waals surface area contributed by atoms with Gasteiger partial charge in [0.15, 0.2) is 0 Å². The van der Waals surface area contributed by atoms with Gasteiger partial charge in [-0.3, -0.25) is 14.2 Å². The van der Waals surface area contributed by atoms with E-state index in [2.05, 4.69) is 0 Å². The van der Waals surface area contributed by atoms with E-state index in [4.69, 9.17) is 9.72 Å². The summed E-state index contributed by atoms with van der Waals surface area (Å²) in [5, 5.41) is 0.673. The highest BCUT2D eigenvalue weighted by Crippen LogP contribution is 2.36. The molecule has 6 heteroatoms. The summed E-state index contributed by atoms with van der Waals surface area (Å²) in [5.74, 6) is 1.61. The molecule has 2 saturated heterocycles. The lowest BCUT2D eigenvalue weighted by Crippen LogP contribution is -2.40. The molecule has 0 bridgehead atoms. The van der Waals surface area contributed by atoms with Crippen molar-refractivity contribution < 1.29 is 9.53 Å². The van der Waals surface area contributed by atoms with Crippen LogP contribution in [0.2, 0.25) is 0 Å². The number of carbonyl (C=O) groups is 1. The van der Waals surface area contributed by atoms with Crippen molar-refractivity contribution in [3.8, 4) is 0 Å². The van der Waals surface area contributed by atoms with Crippen LogP contribution in [0.15, 0.2) is 29.1 Å². The molecule has 148 valence electrons. The molecule has 6 nitrogen and oxygen atoms in total. The topological polar surface area (TPSA) is 64.4 Å². The van der Waals surface area contributed by atoms with Crippen molar-refractivity contribution in [1.82, 2.24) is 14.5 Å². The van der Waals surface area contributed by atoms with Crippen LogP contribution < -0.4 is 5.56 Å². The molecule has 0 N–H and O–H groups in total. The Labute approximate surface area is 164 Å². The summed E-state index contributed by atoms with van der Waals surface area (Å²) in [5.41, 5.74) is 0.776. The minimum atomic E-state index is -0.0913. The smallest absolute Gasteiger partial charge is 0.261 e. The molecular weight excluding hydrogens is 354 g/mol. The van der Waals surface area contributed by atoms with E-state index in [9.17, 15) is 9.59 Å². The van der Waals surface area contributed by atoms with E-state index in [1.54, 1.807) is 0 Å². The number of fused-ring (bicyclic) bond motifs is 1. The van der Waals surface area contributed by atoms with Crippen LogP contribution in [0.1, 0.15) is 50.4 Å². The molecule has 3 fully saturated rings. The van der Waals surface area contributed by atoms with Gasteiger partial charge in [-0.15, -0.1) is 0 Å². The van der Waals surface area contributed by atoms with Crippen LogP contribution in [0.3, 0.4) is 0 Å². The van der Waals surface area contributed by atoms with Crippen LogP contribution >= 0.6 is 0 Å². The van der Waals surface area contributed by atoms with Gasteiger partial charge in [-0.05, 0) is 56.6 Å². The standard InChI is InChI=1S/C22H27N3O3/c26-21(16-9-12-28-13-10-16)24-11-3-6-19(24)20-23-18-5-2-1-4-17(18)22(27)25(20)14-15-7-8-15/h1-2,4-5,15-16,19H,3,6-14H2. The number of amides is 1. The third-order valence-corrected chi connectivity index (χ3v) is 6.43. The van der Waals surface area contributed by atoms with Crippen molar-refractivity contribution in [1.29, 1.82) is 0 Å². The number of aromatic nitrogens is 2. The van der Waals surface area contributed by atoms with Crippen molar-refractivity contribution in [3.63, 3.8) is 0 Å². The summed E-state index contributed by atoms with van der Waals surface area (Å²) in [6, 6.07) is 7.48. The monoisotopic (exact) mass is 381 g/mol. The zero-order valence-electron chi connectivity index (χ0n) is 16.2. The van der Waals surface area contributed by atoms with Crippen molar-refractivity contribution in [2.45, 2.75) is 51.1 Å². The Bertz CT molecular complexity index is 944. The van der Waals surface area contributed by atoms with Gasteiger partial charge in [0, 0.05) is 32.2 Å². The summed E-state index contributed by atoms with van der Waals surface area (Å²) in [7, 11) is 0. The lowest BCUT2D eigenvalue weighted by Gasteiger charge is -2.31. The summed E-state index contributed by atoms with van der Waals surface area (Å²) in [6.07, 6.45) is 5.78. The molecule has 3 heterocycles. The lowest BCUT2D eigenvalue weighted by molar-refractivity contribution is -0.139. The number of ether oxygens (including phenoxy) is 1. The van der Waals surface area contributed by atoms with E-state index in [0.29, 0.717) is 24.5 Å². The molecule has 3 aliphatic rings. The first-order valence-electron chi connectivity index (χ1n) is 10.6. The average molecular weight is 381 g/mol. The highest BCUT2D eigenvalue weighted by Gasteiger charge is 2.37. The Morgan fingerprint density at radius 1 is 1.11 bits per heavy atom. The number of hydrogen-bond donors (Lipinski definition) is 0. The number of rotatable bonds is 4. The first kappa shape index (κ1) is 17.9. The van der Waals surface area contributed by atoms with Crippen LogP contribution in [0.5, 0.6) is 0 Å². The van der Waals surface area contributed by atoms with Crippen molar-refractivity contribution in [2.75, 3.05) is 19.8 Å². The number of para-hydroxylation sites is 1. The van der Waals surface area contributed by atoms with Gasteiger partial charge < -0.3 is 9.64 Å². The number of hydrogen-bond acceptors (Lipinski definition) is 4. The Morgan fingerprint density at radius 2 is 1.89 bits per heavy atom. The van der Waals surface area contributed by atoms with Gasteiger partial charge in [-0.25, -0.2) is 4.98 Å². The molecule has 1 unspecified atom stereocenters. The van der Waals surface area contributed by atoms with E-state index >= 15 is 0 Å². The Kier molecular flexibility index (Phi) is 4.67. The lowest BCUT2D eigenvalue weighted by atomic mass is 9.98. The van der Waals surface area contributed by atoms with Crippen LogP contribution in [-0.2, 0) is 16.1 Å². The third kappa shape index (κ3) is 3.24. The second kappa shape index (κ2) is 7.32. The van der Waals surface area contributed by atoms with Gasteiger partial charge in [0.1, 0.15) is 5.82 Å². The molecule has 1 atom stereocenters. The van der Waals surface area contributed by atoms with Crippen molar-refractivity contribution in [3.05, 3.63) is 40.4 Å². The molecule has 0 radical (unpaired) electrons. The number of nitrogens with zero attached hydrogens (tertiary/aromatic N) is 3. The minimum absolute atomic E-state index is 0.0397. The van der Waals surface area contributed by atoms with E-state index in [1.807, 2.05) is 33.7 Å². The first-order chi connectivity index (χ1) is 13.7. The van der Waals surface area contributed by atoms with Crippen LogP contribution in [-0.4, -0.2) is 40.1 Å². The maximum atomic E-state index is 13.3. The molecule has 1 aliphatic carbocycles. The molecule has 1 saturated carbocycles. The van der Waals surface area contributed by atoms with E-state index in [1.165, 1.54) is 12.8 Å². The SMILES string of the molecule is O=C(C1CCOCC1)N1CCCC1c1nc2ccccc2c(=O)n1CC1CC1. The molecule has 28 heavy (non-hydrogen) atoms. The zero-order chi connectivity index (χ0) is 19.1. The Balaban J connectivity index is 1.54. The molecule has 5 rings (SSSR count). The molecular formula is C22H27N3O3. The molecule has 0 spiro atoms. The van der Waals surface area contributed by atoms with Gasteiger partial charge >= 0.3 is 0 Å². The fraction of sp³-hybridized carbons (Fsp3) is 0.591. The van der Waals surface area contributed by atoms with Gasteiger partial charge in [-0.1, -0.05) is 12.1 Å². The van der Waals surface area contributed by atoms with Gasteiger partial charge in [0.05, 0.1) is 16.9 Å². The summed E-state index contributed by atoms with van der Waals surface area (Å²) in [4.78, 5) is 33.4. The Morgan fingerprint density at radius 3 is 2.68 bits per heavy atom. The van der Waals surface area contributed by atoms with Gasteiger partial charge in [0.25, 0.3) is 5.56 Å². The van der Waals surface area contributed by atoms with Crippen LogP contribution in [0.25, 0.3) is 10.9 Å². The first-order valence-corrected chi connectivity index (χ1v) is 10.6. The predicted molar refractivity (Wildman–Crippen MR) is 106 cm³/mol. The number of benzene rings is 1. The van der Waals surface area contributed by atoms with E-state index in [0.717, 1.165) is 50.1 Å². The highest BCUT2D eigenvalue weighted by molar-refractivity contribution is 5.80. The summed E-state index contributed by atoms with van der Waals surface area (Å²) in [6.45, 7) is 2.81. The molecule has 1 aromatic heterocycles. The fourth-order valence-corrected chi connectivity index (χ4v) is 4.65. The van der Waals surface area contributed by atoms with Crippen LogP contribution in [0.4, 0.5) is 0 Å².